The van der Waals surface area contributed by atoms with Crippen LogP contribution in [0.1, 0.15) is 38.5 Å². The third kappa shape index (κ3) is 3.80. The molecule has 3 rings (SSSR count). The molecule has 120 valence electrons. The first-order valence-corrected chi connectivity index (χ1v) is 9.00. The predicted octanol–water partition coefficient (Wildman–Crippen LogP) is 3.05. The van der Waals surface area contributed by atoms with Crippen molar-refractivity contribution in [3.63, 3.8) is 0 Å². The molecule has 1 saturated carbocycles. The number of anilines is 1. The van der Waals surface area contributed by atoms with Crippen molar-refractivity contribution in [3.05, 3.63) is 17.5 Å². The first-order valence-electron chi connectivity index (χ1n) is 8.12. The maximum atomic E-state index is 12.3. The Morgan fingerprint density at radius 2 is 1.86 bits per heavy atom. The summed E-state index contributed by atoms with van der Waals surface area (Å²) in [6, 6.07) is 4.13. The van der Waals surface area contributed by atoms with Gasteiger partial charge in [0.15, 0.2) is 0 Å². The molecular weight excluding hydrogens is 298 g/mol. The molecule has 0 bridgehead atoms. The van der Waals surface area contributed by atoms with Crippen LogP contribution in [0.15, 0.2) is 17.5 Å². The molecule has 0 spiro atoms. The molecule has 1 aliphatic carbocycles. The quantitative estimate of drug-likeness (QED) is 0.899. The zero-order valence-electron chi connectivity index (χ0n) is 12.7. The summed E-state index contributed by atoms with van der Waals surface area (Å²) in [6.45, 7) is 1.31. The highest BCUT2D eigenvalue weighted by Crippen LogP contribution is 2.22. The number of amides is 3. The Morgan fingerprint density at radius 3 is 2.50 bits per heavy atom. The fourth-order valence-electron chi connectivity index (χ4n) is 3.27. The van der Waals surface area contributed by atoms with Crippen LogP contribution in [0.4, 0.5) is 9.80 Å². The van der Waals surface area contributed by atoms with Crippen molar-refractivity contribution in [1.82, 2.24) is 10.2 Å². The van der Waals surface area contributed by atoms with E-state index in [2.05, 4.69) is 10.6 Å². The summed E-state index contributed by atoms with van der Waals surface area (Å²) in [4.78, 5) is 26.2. The summed E-state index contributed by atoms with van der Waals surface area (Å²) in [5, 5.41) is 8.88. The third-order valence-corrected chi connectivity index (χ3v) is 5.39. The molecule has 6 heteroatoms. The summed E-state index contributed by atoms with van der Waals surface area (Å²) >= 11 is 1.52. The summed E-state index contributed by atoms with van der Waals surface area (Å²) in [5.41, 5.74) is 0. The van der Waals surface area contributed by atoms with Crippen molar-refractivity contribution >= 4 is 28.3 Å². The van der Waals surface area contributed by atoms with Crippen molar-refractivity contribution in [2.75, 3.05) is 18.4 Å². The van der Waals surface area contributed by atoms with E-state index in [1.165, 1.54) is 24.2 Å². The van der Waals surface area contributed by atoms with Crippen LogP contribution in [0.2, 0.25) is 0 Å². The smallest absolute Gasteiger partial charge is 0.322 e. The van der Waals surface area contributed by atoms with Gasteiger partial charge in [-0.15, -0.1) is 11.3 Å². The molecule has 2 aliphatic rings. The van der Waals surface area contributed by atoms with E-state index in [9.17, 15) is 9.59 Å². The molecule has 1 aromatic rings. The van der Waals surface area contributed by atoms with E-state index in [4.69, 9.17) is 0 Å². The van der Waals surface area contributed by atoms with Gasteiger partial charge in [-0.25, -0.2) is 4.79 Å². The van der Waals surface area contributed by atoms with E-state index >= 15 is 0 Å². The van der Waals surface area contributed by atoms with Crippen molar-refractivity contribution in [3.8, 4) is 0 Å². The van der Waals surface area contributed by atoms with Gasteiger partial charge < -0.3 is 10.2 Å². The Bertz CT molecular complexity index is 503. The minimum Gasteiger partial charge on any atom is -0.353 e. The van der Waals surface area contributed by atoms with Gasteiger partial charge in [0, 0.05) is 25.0 Å². The molecule has 1 saturated heterocycles. The summed E-state index contributed by atoms with van der Waals surface area (Å²) in [6.07, 6.45) is 6.22. The lowest BCUT2D eigenvalue weighted by Gasteiger charge is -2.31. The van der Waals surface area contributed by atoms with Gasteiger partial charge in [0.2, 0.25) is 5.91 Å². The summed E-state index contributed by atoms with van der Waals surface area (Å²) < 4.78 is 0. The number of hydrogen-bond acceptors (Lipinski definition) is 3. The van der Waals surface area contributed by atoms with Crippen molar-refractivity contribution in [2.45, 2.75) is 44.6 Å². The molecule has 0 aromatic carbocycles. The lowest BCUT2D eigenvalue weighted by atomic mass is 9.95. The number of carbonyl (C=O) groups is 2. The highest BCUT2D eigenvalue weighted by atomic mass is 32.1. The molecular formula is C16H23N3O2S. The number of urea groups is 1. The lowest BCUT2D eigenvalue weighted by molar-refractivity contribution is -0.126. The van der Waals surface area contributed by atoms with Gasteiger partial charge in [-0.1, -0.05) is 12.8 Å². The maximum Gasteiger partial charge on any atom is 0.322 e. The van der Waals surface area contributed by atoms with E-state index in [-0.39, 0.29) is 17.9 Å². The zero-order valence-corrected chi connectivity index (χ0v) is 13.5. The number of hydrogen-bond donors (Lipinski definition) is 2. The van der Waals surface area contributed by atoms with Crippen molar-refractivity contribution in [2.24, 2.45) is 5.92 Å². The Morgan fingerprint density at radius 1 is 1.14 bits per heavy atom. The monoisotopic (exact) mass is 321 g/mol. The Kier molecular flexibility index (Phi) is 4.97. The second kappa shape index (κ2) is 7.13. The number of nitrogens with zero attached hydrogens (tertiary/aromatic N) is 1. The lowest BCUT2D eigenvalue weighted by Crippen LogP contribution is -2.46. The molecule has 2 fully saturated rings. The maximum absolute atomic E-state index is 12.3. The molecule has 0 unspecified atom stereocenters. The van der Waals surface area contributed by atoms with E-state index in [1.54, 1.807) is 4.90 Å². The number of likely N-dealkylation sites (tertiary alicyclic amines) is 1. The largest absolute Gasteiger partial charge is 0.353 e. The second-order valence-corrected chi connectivity index (χ2v) is 7.11. The highest BCUT2D eigenvalue weighted by Gasteiger charge is 2.29. The van der Waals surface area contributed by atoms with Crippen molar-refractivity contribution in [1.29, 1.82) is 0 Å². The minimum atomic E-state index is -0.0582. The van der Waals surface area contributed by atoms with Crippen LogP contribution >= 0.6 is 11.3 Å². The molecule has 2 heterocycles. The van der Waals surface area contributed by atoms with Crippen LogP contribution in [-0.2, 0) is 4.79 Å². The van der Waals surface area contributed by atoms with E-state index < -0.39 is 0 Å². The Labute approximate surface area is 135 Å². The van der Waals surface area contributed by atoms with Gasteiger partial charge in [0.25, 0.3) is 0 Å². The summed E-state index contributed by atoms with van der Waals surface area (Å²) in [5.74, 6) is 0.247. The van der Waals surface area contributed by atoms with Gasteiger partial charge in [-0.2, -0.15) is 0 Å². The number of rotatable bonds is 3. The molecule has 22 heavy (non-hydrogen) atoms. The first-order chi connectivity index (χ1) is 10.7. The molecule has 3 amide bonds. The van der Waals surface area contributed by atoms with Crippen LogP contribution in [0.5, 0.6) is 0 Å². The van der Waals surface area contributed by atoms with Gasteiger partial charge in [-0.05, 0) is 43.2 Å². The van der Waals surface area contributed by atoms with Crippen LogP contribution in [-0.4, -0.2) is 36.0 Å². The van der Waals surface area contributed by atoms with E-state index in [1.807, 2.05) is 17.5 Å². The normalized spacial score (nSPS) is 20.1. The zero-order chi connectivity index (χ0) is 15.4. The Balaban J connectivity index is 1.43. The average molecular weight is 321 g/mol. The van der Waals surface area contributed by atoms with Gasteiger partial charge in [-0.3, -0.25) is 10.1 Å². The van der Waals surface area contributed by atoms with Gasteiger partial charge >= 0.3 is 6.03 Å². The van der Waals surface area contributed by atoms with Crippen LogP contribution in [0, 0.1) is 5.92 Å². The van der Waals surface area contributed by atoms with Crippen LogP contribution in [0.25, 0.3) is 0 Å². The van der Waals surface area contributed by atoms with E-state index in [0.29, 0.717) is 19.1 Å². The predicted molar refractivity (Wildman–Crippen MR) is 88.0 cm³/mol. The van der Waals surface area contributed by atoms with Crippen LogP contribution < -0.4 is 10.6 Å². The SMILES string of the molecule is O=C(NC1CCCC1)C1CCN(C(=O)Nc2cccs2)CC1. The van der Waals surface area contributed by atoms with Gasteiger partial charge in [0.1, 0.15) is 0 Å². The number of nitrogens with one attached hydrogen (secondary N) is 2. The third-order valence-electron chi connectivity index (χ3n) is 4.61. The minimum absolute atomic E-state index is 0.0582. The fraction of sp³-hybridized carbons (Fsp3) is 0.625. The number of carbonyl (C=O) groups excluding carboxylic acids is 2. The fourth-order valence-corrected chi connectivity index (χ4v) is 3.88. The second-order valence-electron chi connectivity index (χ2n) is 6.16. The van der Waals surface area contributed by atoms with E-state index in [0.717, 1.165) is 30.7 Å². The number of thiophene rings is 1. The standard InChI is InChI=1S/C16H23N3O2S/c20-15(17-13-4-1-2-5-13)12-7-9-19(10-8-12)16(21)18-14-6-3-11-22-14/h3,6,11-13H,1-2,4-5,7-10H2,(H,17,20)(H,18,21). The molecule has 0 radical (unpaired) electrons. The van der Waals surface area contributed by atoms with Crippen molar-refractivity contribution < 1.29 is 9.59 Å². The first kappa shape index (κ1) is 15.3. The number of piperidine rings is 1. The summed E-state index contributed by atoms with van der Waals surface area (Å²) in [7, 11) is 0. The highest BCUT2D eigenvalue weighted by molar-refractivity contribution is 7.14. The molecule has 1 aliphatic heterocycles. The Hall–Kier alpha value is -1.56. The van der Waals surface area contributed by atoms with Gasteiger partial charge in [0.05, 0.1) is 5.00 Å². The molecule has 0 atom stereocenters. The topological polar surface area (TPSA) is 61.4 Å². The average Bonchev–Trinajstić information content (AvgIpc) is 3.21. The molecule has 1 aromatic heterocycles. The molecule has 2 N–H and O–H groups in total. The van der Waals surface area contributed by atoms with Crippen LogP contribution in [0.3, 0.4) is 0 Å². The molecule has 5 nitrogen and oxygen atoms in total.